The fourth-order valence-electron chi connectivity index (χ4n) is 3.69. The molecule has 0 saturated heterocycles. The van der Waals surface area contributed by atoms with Crippen LogP contribution in [0.2, 0.25) is 0 Å². The van der Waals surface area contributed by atoms with Crippen molar-refractivity contribution >= 4 is 26.7 Å². The lowest BCUT2D eigenvalue weighted by molar-refractivity contribution is 0.0529. The van der Waals surface area contributed by atoms with Gasteiger partial charge in [-0.3, -0.25) is 0 Å². The van der Waals surface area contributed by atoms with E-state index in [0.717, 1.165) is 16.6 Å². The van der Waals surface area contributed by atoms with E-state index < -0.39 is 0 Å². The van der Waals surface area contributed by atoms with Crippen molar-refractivity contribution in [3.8, 4) is 5.75 Å². The maximum Gasteiger partial charge on any atom is 0.124 e. The highest BCUT2D eigenvalue weighted by atomic mass is 79.9. The van der Waals surface area contributed by atoms with Gasteiger partial charge in [-0.1, -0.05) is 34.5 Å². The van der Waals surface area contributed by atoms with Gasteiger partial charge in [0.1, 0.15) is 11.4 Å². The summed E-state index contributed by atoms with van der Waals surface area (Å²) in [5, 5.41) is 2.67. The lowest BCUT2D eigenvalue weighted by Gasteiger charge is -2.32. The monoisotopic (exact) mass is 316 g/mol. The van der Waals surface area contributed by atoms with Crippen LogP contribution in [0.3, 0.4) is 0 Å². The van der Waals surface area contributed by atoms with Gasteiger partial charge < -0.3 is 4.74 Å². The number of hydrogen-bond acceptors (Lipinski definition) is 1. The van der Waals surface area contributed by atoms with Gasteiger partial charge in [-0.05, 0) is 54.7 Å². The highest BCUT2D eigenvalue weighted by molar-refractivity contribution is 9.10. The normalized spacial score (nSPS) is 20.5. The van der Waals surface area contributed by atoms with Gasteiger partial charge in [0.25, 0.3) is 0 Å². The van der Waals surface area contributed by atoms with Crippen molar-refractivity contribution in [1.29, 1.82) is 0 Å². The van der Waals surface area contributed by atoms with E-state index in [1.54, 1.807) is 0 Å². The third kappa shape index (κ3) is 1.88. The molecule has 0 N–H and O–H groups in total. The van der Waals surface area contributed by atoms with Gasteiger partial charge in [-0.25, -0.2) is 0 Å². The predicted octanol–water partition coefficient (Wildman–Crippen LogP) is 5.24. The van der Waals surface area contributed by atoms with Gasteiger partial charge in [0, 0.05) is 16.5 Å². The smallest absolute Gasteiger partial charge is 0.124 e. The fraction of sp³-hybridized carbons (Fsp3) is 0.412. The van der Waals surface area contributed by atoms with E-state index in [1.807, 2.05) is 0 Å². The second-order valence-corrected chi connectivity index (χ2v) is 6.85. The maximum absolute atomic E-state index is 6.36. The summed E-state index contributed by atoms with van der Waals surface area (Å²) in [4.78, 5) is 0. The zero-order valence-electron chi connectivity index (χ0n) is 10.9. The Kier molecular flexibility index (Phi) is 2.63. The molecule has 2 aromatic carbocycles. The number of rotatable bonds is 0. The zero-order valence-corrected chi connectivity index (χ0v) is 12.5. The Morgan fingerprint density at radius 1 is 1.00 bits per heavy atom. The molecule has 98 valence electrons. The molecule has 1 aliphatic heterocycles. The minimum Gasteiger partial charge on any atom is -0.487 e. The van der Waals surface area contributed by atoms with Gasteiger partial charge in [0.15, 0.2) is 0 Å². The molecule has 19 heavy (non-hydrogen) atoms. The van der Waals surface area contributed by atoms with Crippen molar-refractivity contribution in [3.63, 3.8) is 0 Å². The highest BCUT2D eigenvalue weighted by Gasteiger charge is 2.40. The molecule has 0 amide bonds. The van der Waals surface area contributed by atoms with E-state index in [9.17, 15) is 0 Å². The van der Waals surface area contributed by atoms with Crippen molar-refractivity contribution in [3.05, 3.63) is 40.4 Å². The molecule has 2 heteroatoms. The van der Waals surface area contributed by atoms with E-state index in [4.69, 9.17) is 4.74 Å². The Hall–Kier alpha value is -1.02. The lowest BCUT2D eigenvalue weighted by atomic mass is 9.81. The van der Waals surface area contributed by atoms with E-state index in [2.05, 4.69) is 46.3 Å². The van der Waals surface area contributed by atoms with E-state index in [1.165, 1.54) is 48.4 Å². The van der Waals surface area contributed by atoms with Gasteiger partial charge in [0.05, 0.1) is 0 Å². The largest absolute Gasteiger partial charge is 0.487 e. The summed E-state index contributed by atoms with van der Waals surface area (Å²) >= 11 is 3.55. The first-order valence-corrected chi connectivity index (χ1v) is 7.95. The fourth-order valence-corrected chi connectivity index (χ4v) is 4.07. The first kappa shape index (κ1) is 11.8. The van der Waals surface area contributed by atoms with Crippen molar-refractivity contribution in [1.82, 2.24) is 0 Å². The molecule has 1 spiro atoms. The molecule has 1 saturated carbocycles. The summed E-state index contributed by atoms with van der Waals surface area (Å²) in [5.74, 6) is 1.12. The lowest BCUT2D eigenvalue weighted by Crippen LogP contribution is -2.36. The molecule has 2 aliphatic rings. The highest BCUT2D eigenvalue weighted by Crippen LogP contribution is 2.46. The number of ether oxygens (including phenoxy) is 1. The Morgan fingerprint density at radius 2 is 1.84 bits per heavy atom. The Labute approximate surface area is 122 Å². The molecule has 1 nitrogen and oxygen atoms in total. The number of benzene rings is 2. The first-order chi connectivity index (χ1) is 9.26. The second-order valence-electron chi connectivity index (χ2n) is 5.93. The van der Waals surface area contributed by atoms with Crippen LogP contribution in [0.5, 0.6) is 5.75 Å². The molecular formula is C17H17BrO. The van der Waals surface area contributed by atoms with Crippen molar-refractivity contribution < 1.29 is 4.74 Å². The average molecular weight is 317 g/mol. The molecule has 1 fully saturated rings. The predicted molar refractivity (Wildman–Crippen MR) is 81.8 cm³/mol. The number of halogens is 1. The minimum absolute atomic E-state index is 0.113. The van der Waals surface area contributed by atoms with Crippen LogP contribution in [0.15, 0.2) is 34.8 Å². The van der Waals surface area contributed by atoms with Crippen LogP contribution in [0.4, 0.5) is 0 Å². The summed E-state index contributed by atoms with van der Waals surface area (Å²) in [6.45, 7) is 0. The third-order valence-electron chi connectivity index (χ3n) is 4.64. The van der Waals surface area contributed by atoms with Crippen molar-refractivity contribution in [2.24, 2.45) is 0 Å². The van der Waals surface area contributed by atoms with Crippen LogP contribution in [-0.2, 0) is 6.42 Å². The molecule has 0 radical (unpaired) electrons. The minimum atomic E-state index is 0.113. The Bertz CT molecular complexity index is 641. The van der Waals surface area contributed by atoms with E-state index in [-0.39, 0.29) is 5.60 Å². The van der Waals surface area contributed by atoms with E-state index >= 15 is 0 Å². The van der Waals surface area contributed by atoms with Crippen LogP contribution in [-0.4, -0.2) is 5.60 Å². The summed E-state index contributed by atoms with van der Waals surface area (Å²) in [7, 11) is 0. The zero-order chi connectivity index (χ0) is 12.9. The Balaban J connectivity index is 1.82. The van der Waals surface area contributed by atoms with Crippen molar-refractivity contribution in [2.75, 3.05) is 0 Å². The Morgan fingerprint density at radius 3 is 2.68 bits per heavy atom. The first-order valence-electron chi connectivity index (χ1n) is 7.16. The molecule has 1 heterocycles. The van der Waals surface area contributed by atoms with Crippen LogP contribution < -0.4 is 4.74 Å². The van der Waals surface area contributed by atoms with Crippen molar-refractivity contribution in [2.45, 2.75) is 44.1 Å². The number of fused-ring (bicyclic) bond motifs is 3. The molecule has 0 bridgehead atoms. The molecule has 4 rings (SSSR count). The van der Waals surface area contributed by atoms with Crippen LogP contribution >= 0.6 is 15.9 Å². The average Bonchev–Trinajstić information content (AvgIpc) is 2.77. The van der Waals surface area contributed by atoms with Gasteiger partial charge >= 0.3 is 0 Å². The quantitative estimate of drug-likeness (QED) is 0.645. The van der Waals surface area contributed by atoms with E-state index in [0.29, 0.717) is 0 Å². The molecule has 0 unspecified atom stereocenters. The molecular weight excluding hydrogens is 300 g/mol. The van der Waals surface area contributed by atoms with Crippen LogP contribution in [0.1, 0.15) is 37.7 Å². The second kappa shape index (κ2) is 4.24. The third-order valence-corrected chi connectivity index (χ3v) is 5.13. The summed E-state index contributed by atoms with van der Waals surface area (Å²) in [5.41, 5.74) is 1.54. The SMILES string of the molecule is Brc1ccc2c3c(ccc2c1)OC1(CCCCC1)C3. The number of hydrogen-bond donors (Lipinski definition) is 0. The standard InChI is InChI=1S/C17H17BrO/c18-13-5-6-14-12(10-13)4-7-16-15(14)11-17(19-16)8-2-1-3-9-17/h4-7,10H,1-3,8-9,11H2. The molecule has 1 aliphatic carbocycles. The van der Waals surface area contributed by atoms with Gasteiger partial charge in [-0.2, -0.15) is 0 Å². The van der Waals surface area contributed by atoms with Gasteiger partial charge in [-0.15, -0.1) is 0 Å². The molecule has 0 aromatic heterocycles. The summed E-state index contributed by atoms with van der Waals surface area (Å²) in [6, 6.07) is 10.9. The summed E-state index contributed by atoms with van der Waals surface area (Å²) < 4.78 is 7.51. The molecule has 2 aromatic rings. The van der Waals surface area contributed by atoms with Crippen LogP contribution in [0.25, 0.3) is 10.8 Å². The van der Waals surface area contributed by atoms with Crippen LogP contribution in [0, 0.1) is 0 Å². The maximum atomic E-state index is 6.36. The topological polar surface area (TPSA) is 9.23 Å². The molecule has 0 atom stereocenters. The van der Waals surface area contributed by atoms with Gasteiger partial charge in [0.2, 0.25) is 0 Å². The summed E-state index contributed by atoms with van der Waals surface area (Å²) in [6.07, 6.45) is 7.55.